The van der Waals surface area contributed by atoms with Crippen LogP contribution >= 0.6 is 11.6 Å². The number of halogens is 1. The molecule has 1 aliphatic rings. The lowest BCUT2D eigenvalue weighted by atomic mass is 10.0. The number of hydrogen-bond donors (Lipinski definition) is 1. The third-order valence-corrected chi connectivity index (χ3v) is 5.10. The fourth-order valence-electron chi connectivity index (χ4n) is 3.43. The normalized spacial score (nSPS) is 13.6. The van der Waals surface area contributed by atoms with Gasteiger partial charge in [0.05, 0.1) is 25.5 Å². The summed E-state index contributed by atoms with van der Waals surface area (Å²) in [7, 11) is 3.07. The average Bonchev–Trinajstić information content (AvgIpc) is 3.03. The Morgan fingerprint density at radius 3 is 2.23 bits per heavy atom. The molecule has 31 heavy (non-hydrogen) atoms. The summed E-state index contributed by atoms with van der Waals surface area (Å²) in [5, 5.41) is 3.54. The molecule has 1 aliphatic heterocycles. The molecular weight excluding hydrogens is 416 g/mol. The van der Waals surface area contributed by atoms with Crippen molar-refractivity contribution >= 4 is 40.4 Å². The zero-order valence-electron chi connectivity index (χ0n) is 16.9. The quantitative estimate of drug-likeness (QED) is 0.567. The molecule has 0 saturated heterocycles. The van der Waals surface area contributed by atoms with Crippen LogP contribution in [-0.4, -0.2) is 26.0 Å². The lowest BCUT2D eigenvalue weighted by Gasteiger charge is -2.16. The number of amides is 2. The fraction of sp³-hybridized carbons (Fsp3) is 0.0833. The molecule has 0 atom stereocenters. The second kappa shape index (κ2) is 8.53. The molecule has 0 aliphatic carbocycles. The van der Waals surface area contributed by atoms with Gasteiger partial charge >= 0.3 is 0 Å². The van der Waals surface area contributed by atoms with Crippen molar-refractivity contribution in [3.8, 4) is 11.5 Å². The smallest absolute Gasteiger partial charge is 0.282 e. The predicted octanol–water partition coefficient (Wildman–Crippen LogP) is 4.75. The maximum Gasteiger partial charge on any atom is 0.282 e. The van der Waals surface area contributed by atoms with Crippen LogP contribution in [0.4, 0.5) is 11.4 Å². The van der Waals surface area contributed by atoms with Crippen LogP contribution in [-0.2, 0) is 9.59 Å². The van der Waals surface area contributed by atoms with Crippen molar-refractivity contribution in [3.05, 3.63) is 89.1 Å². The van der Waals surface area contributed by atoms with Gasteiger partial charge in [-0.1, -0.05) is 48.0 Å². The fourth-order valence-corrected chi connectivity index (χ4v) is 3.61. The third-order valence-electron chi connectivity index (χ3n) is 4.87. The first-order valence-electron chi connectivity index (χ1n) is 9.46. The molecule has 1 N–H and O–H groups in total. The van der Waals surface area contributed by atoms with Gasteiger partial charge < -0.3 is 14.8 Å². The number of anilines is 2. The van der Waals surface area contributed by atoms with Gasteiger partial charge in [0.1, 0.15) is 5.70 Å². The van der Waals surface area contributed by atoms with Gasteiger partial charge in [-0.3, -0.25) is 9.59 Å². The topological polar surface area (TPSA) is 67.9 Å². The molecule has 4 rings (SSSR count). The molecule has 0 saturated carbocycles. The summed E-state index contributed by atoms with van der Waals surface area (Å²) in [6, 6.07) is 20.9. The Morgan fingerprint density at radius 2 is 1.55 bits per heavy atom. The van der Waals surface area contributed by atoms with Crippen LogP contribution < -0.4 is 19.7 Å². The summed E-state index contributed by atoms with van der Waals surface area (Å²) in [4.78, 5) is 27.9. The van der Waals surface area contributed by atoms with E-state index in [1.165, 1.54) is 7.11 Å². The molecule has 0 spiro atoms. The van der Waals surface area contributed by atoms with Crippen LogP contribution in [0.15, 0.2) is 78.5 Å². The maximum atomic E-state index is 13.4. The Labute approximate surface area is 184 Å². The summed E-state index contributed by atoms with van der Waals surface area (Å²) in [5.74, 6) is 0.153. The van der Waals surface area contributed by atoms with Gasteiger partial charge in [0.2, 0.25) is 0 Å². The van der Waals surface area contributed by atoms with Crippen molar-refractivity contribution in [1.82, 2.24) is 0 Å². The van der Waals surface area contributed by atoms with E-state index in [9.17, 15) is 9.59 Å². The molecule has 3 aromatic rings. The number of ether oxygens (including phenoxy) is 2. The molecule has 0 radical (unpaired) electrons. The van der Waals surface area contributed by atoms with Gasteiger partial charge in [0.15, 0.2) is 11.5 Å². The largest absolute Gasteiger partial charge is 0.493 e. The van der Waals surface area contributed by atoms with Crippen molar-refractivity contribution in [2.24, 2.45) is 0 Å². The summed E-state index contributed by atoms with van der Waals surface area (Å²) in [6.45, 7) is 0. The van der Waals surface area contributed by atoms with Gasteiger partial charge in [-0.25, -0.2) is 4.90 Å². The number of nitrogens with zero attached hydrogens (tertiary/aromatic N) is 1. The second-order valence-electron chi connectivity index (χ2n) is 6.74. The van der Waals surface area contributed by atoms with E-state index < -0.39 is 11.8 Å². The van der Waals surface area contributed by atoms with Crippen molar-refractivity contribution in [1.29, 1.82) is 0 Å². The molecule has 0 fully saturated rings. The molecule has 3 aromatic carbocycles. The van der Waals surface area contributed by atoms with Gasteiger partial charge in [0.25, 0.3) is 11.8 Å². The third kappa shape index (κ3) is 3.85. The predicted molar refractivity (Wildman–Crippen MR) is 120 cm³/mol. The number of rotatable bonds is 6. The highest BCUT2D eigenvalue weighted by Crippen LogP contribution is 2.36. The van der Waals surface area contributed by atoms with Gasteiger partial charge in [0, 0.05) is 16.8 Å². The summed E-state index contributed by atoms with van der Waals surface area (Å²) < 4.78 is 10.6. The highest BCUT2D eigenvalue weighted by atomic mass is 35.5. The summed E-state index contributed by atoms with van der Waals surface area (Å²) in [6.07, 6.45) is 0. The first-order chi connectivity index (χ1) is 15.0. The zero-order valence-corrected chi connectivity index (χ0v) is 17.6. The van der Waals surface area contributed by atoms with Crippen molar-refractivity contribution in [3.63, 3.8) is 0 Å². The lowest BCUT2D eigenvalue weighted by Crippen LogP contribution is -2.32. The van der Waals surface area contributed by atoms with Crippen LogP contribution in [0.25, 0.3) is 5.57 Å². The number of benzene rings is 3. The van der Waals surface area contributed by atoms with Crippen LogP contribution in [0.2, 0.25) is 5.02 Å². The Morgan fingerprint density at radius 1 is 0.806 bits per heavy atom. The molecule has 156 valence electrons. The number of carbonyl (C=O) groups is 2. The molecule has 7 heteroatoms. The molecule has 0 bridgehead atoms. The average molecular weight is 435 g/mol. The minimum absolute atomic E-state index is 0.170. The number of carbonyl (C=O) groups excluding carboxylic acids is 2. The minimum atomic E-state index is -0.471. The van der Waals surface area contributed by atoms with E-state index in [0.717, 1.165) is 4.90 Å². The Balaban J connectivity index is 1.80. The van der Waals surface area contributed by atoms with Crippen LogP contribution in [0, 0.1) is 0 Å². The highest BCUT2D eigenvalue weighted by molar-refractivity contribution is 6.46. The Kier molecular flexibility index (Phi) is 5.64. The van der Waals surface area contributed by atoms with E-state index in [-0.39, 0.29) is 11.3 Å². The molecule has 1 heterocycles. The van der Waals surface area contributed by atoms with Gasteiger partial charge in [-0.2, -0.15) is 0 Å². The molecule has 0 unspecified atom stereocenters. The monoisotopic (exact) mass is 434 g/mol. The van der Waals surface area contributed by atoms with Crippen LogP contribution in [0.3, 0.4) is 0 Å². The molecule has 6 nitrogen and oxygen atoms in total. The van der Waals surface area contributed by atoms with E-state index >= 15 is 0 Å². The van der Waals surface area contributed by atoms with E-state index in [4.69, 9.17) is 21.1 Å². The minimum Gasteiger partial charge on any atom is -0.493 e. The first-order valence-corrected chi connectivity index (χ1v) is 9.84. The Bertz CT molecular complexity index is 1190. The maximum absolute atomic E-state index is 13.4. The van der Waals surface area contributed by atoms with E-state index in [0.29, 0.717) is 33.5 Å². The van der Waals surface area contributed by atoms with E-state index in [2.05, 4.69) is 5.32 Å². The second-order valence-corrected chi connectivity index (χ2v) is 7.17. The van der Waals surface area contributed by atoms with Gasteiger partial charge in [-0.05, 0) is 35.9 Å². The SMILES string of the molecule is COc1ccc(NC2=C(c3ccccc3)C(=O)N(c3cccc(Cl)c3)C2=O)cc1OC. The van der Waals surface area contributed by atoms with E-state index in [1.54, 1.807) is 61.7 Å². The summed E-state index contributed by atoms with van der Waals surface area (Å²) >= 11 is 6.10. The van der Waals surface area contributed by atoms with Crippen LogP contribution in [0.1, 0.15) is 5.56 Å². The zero-order chi connectivity index (χ0) is 22.0. The van der Waals surface area contributed by atoms with Crippen molar-refractivity contribution < 1.29 is 19.1 Å². The van der Waals surface area contributed by atoms with Crippen LogP contribution in [0.5, 0.6) is 11.5 Å². The number of nitrogens with one attached hydrogen (secondary N) is 1. The lowest BCUT2D eigenvalue weighted by molar-refractivity contribution is -0.120. The standard InChI is InChI=1S/C24H19ClN2O4/c1-30-19-12-11-17(14-20(19)31-2)26-22-21(15-7-4-3-5-8-15)23(28)27(24(22)29)18-10-6-9-16(25)13-18/h3-14,26H,1-2H3. The van der Waals surface area contributed by atoms with E-state index in [1.807, 2.05) is 18.2 Å². The molecular formula is C24H19ClN2O4. The van der Waals surface area contributed by atoms with Crippen molar-refractivity contribution in [2.45, 2.75) is 0 Å². The van der Waals surface area contributed by atoms with Crippen molar-refractivity contribution in [2.75, 3.05) is 24.4 Å². The first kappa shape index (κ1) is 20.5. The number of imide groups is 1. The Hall–Kier alpha value is -3.77. The van der Waals surface area contributed by atoms with Gasteiger partial charge in [-0.15, -0.1) is 0 Å². The number of hydrogen-bond acceptors (Lipinski definition) is 5. The molecule has 0 aromatic heterocycles. The summed E-state index contributed by atoms with van der Waals surface area (Å²) in [5.41, 5.74) is 2.06. The molecule has 2 amide bonds. The number of methoxy groups -OCH3 is 2. The highest BCUT2D eigenvalue weighted by Gasteiger charge is 2.40.